The Bertz CT molecular complexity index is 373. The Morgan fingerprint density at radius 1 is 1.07 bits per heavy atom. The molecule has 0 radical (unpaired) electrons. The average Bonchev–Trinajstić information content (AvgIpc) is 2.84. The zero-order valence-electron chi connectivity index (χ0n) is 8.34. The van der Waals surface area contributed by atoms with Gasteiger partial charge in [-0.25, -0.2) is 0 Å². The Labute approximate surface area is 99.7 Å². The topological polar surface area (TPSA) is 0 Å². The number of halogens is 1. The van der Waals surface area contributed by atoms with Crippen molar-refractivity contribution in [3.05, 3.63) is 42.5 Å². The third kappa shape index (κ3) is 1.72. The van der Waals surface area contributed by atoms with Crippen LogP contribution in [0, 0.1) is 11.8 Å². The lowest BCUT2D eigenvalue weighted by molar-refractivity contribution is 0.695. The smallest absolute Gasteiger partial charge is 0.0526 e. The Balaban J connectivity index is 1.77. The van der Waals surface area contributed by atoms with E-state index >= 15 is 0 Å². The molecule has 1 aromatic carbocycles. The normalized spacial score (nSPS) is 37.4. The second kappa shape index (κ2) is 3.88. The van der Waals surface area contributed by atoms with Crippen LogP contribution >= 0.6 is 23.4 Å². The lowest BCUT2D eigenvalue weighted by Crippen LogP contribution is -2.21. The van der Waals surface area contributed by atoms with Gasteiger partial charge in [0.25, 0.3) is 0 Å². The highest BCUT2D eigenvalue weighted by atomic mass is 35.5. The van der Waals surface area contributed by atoms with Gasteiger partial charge >= 0.3 is 0 Å². The van der Waals surface area contributed by atoms with Crippen LogP contribution in [0.25, 0.3) is 0 Å². The second-order valence-electron chi connectivity index (χ2n) is 4.29. The molecule has 0 spiro atoms. The van der Waals surface area contributed by atoms with E-state index in [1.165, 1.54) is 11.3 Å². The van der Waals surface area contributed by atoms with Crippen molar-refractivity contribution >= 4 is 23.4 Å². The number of hydrogen-bond donors (Lipinski definition) is 0. The van der Waals surface area contributed by atoms with Gasteiger partial charge in [0.15, 0.2) is 0 Å². The SMILES string of the molecule is Cl[C@H]1[C@H](Sc2ccccc2)[C@@H]2C=C[C@H]1C2. The van der Waals surface area contributed by atoms with Crippen molar-refractivity contribution in [2.24, 2.45) is 11.8 Å². The quantitative estimate of drug-likeness (QED) is 0.553. The summed E-state index contributed by atoms with van der Waals surface area (Å²) in [5, 5.41) is 0.897. The third-order valence-corrected chi connectivity index (χ3v) is 5.51. The molecule has 2 aliphatic rings. The van der Waals surface area contributed by atoms with Gasteiger partial charge in [0, 0.05) is 10.1 Å². The molecule has 0 saturated heterocycles. The molecule has 2 aliphatic carbocycles. The van der Waals surface area contributed by atoms with Crippen LogP contribution in [0.4, 0.5) is 0 Å². The highest BCUT2D eigenvalue weighted by molar-refractivity contribution is 8.00. The molecule has 0 N–H and O–H groups in total. The number of benzene rings is 1. The van der Waals surface area contributed by atoms with E-state index < -0.39 is 0 Å². The monoisotopic (exact) mass is 236 g/mol. The summed E-state index contributed by atoms with van der Waals surface area (Å²) < 4.78 is 0. The van der Waals surface area contributed by atoms with E-state index in [9.17, 15) is 0 Å². The highest BCUT2D eigenvalue weighted by Gasteiger charge is 2.43. The summed E-state index contributed by atoms with van der Waals surface area (Å²) in [6.07, 6.45) is 5.91. The average molecular weight is 237 g/mol. The number of alkyl halides is 1. The Kier molecular flexibility index (Phi) is 2.53. The van der Waals surface area contributed by atoms with Crippen LogP contribution in [0.1, 0.15) is 6.42 Å². The van der Waals surface area contributed by atoms with Gasteiger partial charge in [-0.3, -0.25) is 0 Å². The summed E-state index contributed by atoms with van der Waals surface area (Å²) in [5.74, 6) is 1.32. The van der Waals surface area contributed by atoms with Crippen LogP contribution in [-0.4, -0.2) is 10.6 Å². The Morgan fingerprint density at radius 3 is 2.47 bits per heavy atom. The predicted octanol–water partition coefficient (Wildman–Crippen LogP) is 3.96. The molecule has 78 valence electrons. The molecular formula is C13H13ClS. The minimum absolute atomic E-state index is 0.324. The van der Waals surface area contributed by atoms with Crippen LogP contribution < -0.4 is 0 Å². The molecule has 1 fully saturated rings. The van der Waals surface area contributed by atoms with E-state index in [1.807, 2.05) is 11.8 Å². The molecule has 2 heteroatoms. The van der Waals surface area contributed by atoms with E-state index in [1.54, 1.807) is 0 Å². The molecule has 3 rings (SSSR count). The largest absolute Gasteiger partial charge is 0.121 e. The van der Waals surface area contributed by atoms with Crippen LogP contribution in [0.5, 0.6) is 0 Å². The van der Waals surface area contributed by atoms with Gasteiger partial charge in [-0.05, 0) is 30.4 Å². The third-order valence-electron chi connectivity index (χ3n) is 3.31. The van der Waals surface area contributed by atoms with Crippen molar-refractivity contribution in [3.63, 3.8) is 0 Å². The van der Waals surface area contributed by atoms with E-state index in [0.717, 1.165) is 0 Å². The van der Waals surface area contributed by atoms with Crippen LogP contribution in [0.2, 0.25) is 0 Å². The van der Waals surface area contributed by atoms with Crippen molar-refractivity contribution in [1.29, 1.82) is 0 Å². The first-order valence-electron chi connectivity index (χ1n) is 5.39. The van der Waals surface area contributed by atoms with Gasteiger partial charge in [-0.2, -0.15) is 0 Å². The van der Waals surface area contributed by atoms with E-state index in [0.29, 0.717) is 22.5 Å². The summed E-state index contributed by atoms with van der Waals surface area (Å²) in [6, 6.07) is 10.6. The minimum atomic E-state index is 0.324. The summed E-state index contributed by atoms with van der Waals surface area (Å²) >= 11 is 8.39. The number of fused-ring (bicyclic) bond motifs is 2. The number of thioether (sulfide) groups is 1. The zero-order valence-corrected chi connectivity index (χ0v) is 9.92. The molecule has 0 nitrogen and oxygen atoms in total. The second-order valence-corrected chi connectivity index (χ2v) is 6.04. The summed E-state index contributed by atoms with van der Waals surface area (Å²) in [6.45, 7) is 0. The fraction of sp³-hybridized carbons (Fsp3) is 0.385. The minimum Gasteiger partial charge on any atom is -0.121 e. The van der Waals surface area contributed by atoms with Gasteiger partial charge in [0.05, 0.1) is 5.38 Å². The molecule has 0 amide bonds. The lowest BCUT2D eigenvalue weighted by atomic mass is 10.1. The fourth-order valence-electron chi connectivity index (χ4n) is 2.52. The van der Waals surface area contributed by atoms with Gasteiger partial charge in [0.2, 0.25) is 0 Å². The molecule has 15 heavy (non-hydrogen) atoms. The molecule has 1 aromatic rings. The number of hydrogen-bond acceptors (Lipinski definition) is 1. The van der Waals surface area contributed by atoms with Gasteiger partial charge < -0.3 is 0 Å². The predicted molar refractivity (Wildman–Crippen MR) is 66.5 cm³/mol. The van der Waals surface area contributed by atoms with Crippen LogP contribution in [-0.2, 0) is 0 Å². The molecular weight excluding hydrogens is 224 g/mol. The molecule has 2 bridgehead atoms. The molecule has 0 aromatic heterocycles. The van der Waals surface area contributed by atoms with Crippen LogP contribution in [0.3, 0.4) is 0 Å². The number of rotatable bonds is 2. The van der Waals surface area contributed by atoms with Gasteiger partial charge in [-0.15, -0.1) is 23.4 Å². The van der Waals surface area contributed by atoms with Crippen molar-refractivity contribution in [3.8, 4) is 0 Å². The number of allylic oxidation sites excluding steroid dienone is 2. The maximum absolute atomic E-state index is 6.45. The molecule has 0 unspecified atom stereocenters. The van der Waals surface area contributed by atoms with E-state index in [4.69, 9.17) is 11.6 Å². The molecule has 0 aliphatic heterocycles. The Morgan fingerprint density at radius 2 is 1.80 bits per heavy atom. The first-order valence-corrected chi connectivity index (χ1v) is 6.70. The van der Waals surface area contributed by atoms with Crippen molar-refractivity contribution in [2.45, 2.75) is 21.9 Å². The first-order chi connectivity index (χ1) is 7.34. The van der Waals surface area contributed by atoms with Gasteiger partial charge in [0.1, 0.15) is 0 Å². The van der Waals surface area contributed by atoms with E-state index in [-0.39, 0.29) is 0 Å². The van der Waals surface area contributed by atoms with Gasteiger partial charge in [-0.1, -0.05) is 30.4 Å². The van der Waals surface area contributed by atoms with Crippen molar-refractivity contribution in [2.75, 3.05) is 0 Å². The molecule has 4 atom stereocenters. The maximum atomic E-state index is 6.45. The van der Waals surface area contributed by atoms with E-state index in [2.05, 4.69) is 42.5 Å². The first kappa shape index (κ1) is 9.80. The standard InChI is InChI=1S/C13H13ClS/c14-12-9-6-7-10(8-9)13(12)15-11-4-2-1-3-5-11/h1-7,9-10,12-13H,8H2/t9-,10+,12+,13+/m0/s1. The van der Waals surface area contributed by atoms with Crippen molar-refractivity contribution < 1.29 is 0 Å². The summed E-state index contributed by atoms with van der Waals surface area (Å²) in [4.78, 5) is 1.34. The summed E-state index contributed by atoms with van der Waals surface area (Å²) in [5.41, 5.74) is 0. The Hall–Kier alpha value is -0.400. The van der Waals surface area contributed by atoms with Crippen molar-refractivity contribution in [1.82, 2.24) is 0 Å². The highest BCUT2D eigenvalue weighted by Crippen LogP contribution is 2.49. The maximum Gasteiger partial charge on any atom is 0.0526 e. The molecule has 1 saturated carbocycles. The zero-order chi connectivity index (χ0) is 10.3. The lowest BCUT2D eigenvalue weighted by Gasteiger charge is -2.22. The van der Waals surface area contributed by atoms with Crippen LogP contribution in [0.15, 0.2) is 47.4 Å². The molecule has 0 heterocycles. The fourth-order valence-corrected chi connectivity index (χ4v) is 4.39. The summed E-state index contributed by atoms with van der Waals surface area (Å²) in [7, 11) is 0.